The van der Waals surface area contributed by atoms with Crippen LogP contribution in [0, 0.1) is 0 Å². The topological polar surface area (TPSA) is 327 Å². The fraction of sp³-hybridized carbons (Fsp3) is 0.865. The molecule has 4 amide bonds. The van der Waals surface area contributed by atoms with Crippen molar-refractivity contribution in [2.75, 3.05) is 165 Å². The molecule has 0 rings (SSSR count). The molecule has 0 aliphatic rings. The fourth-order valence-electron chi connectivity index (χ4n) is 4.32. The number of carbonyl (C=O) groups is 5. The third kappa shape index (κ3) is 40.3. The van der Waals surface area contributed by atoms with Crippen molar-refractivity contribution in [2.24, 2.45) is 10.8 Å². The molecular formula is C37H69N7O18. The molecule has 3 atom stereocenters. The van der Waals surface area contributed by atoms with Crippen molar-refractivity contribution >= 4 is 29.6 Å². The van der Waals surface area contributed by atoms with Gasteiger partial charge in [-0.15, -0.1) is 0 Å². The van der Waals surface area contributed by atoms with Gasteiger partial charge in [-0.3, -0.25) is 19.2 Å². The Bertz CT molecular complexity index is 1200. The van der Waals surface area contributed by atoms with E-state index in [2.05, 4.69) is 26.0 Å². The number of ether oxygens (including phenoxy) is 12. The summed E-state index contributed by atoms with van der Waals surface area (Å²) in [6.45, 7) is 12.9. The number of nitrogens with zero attached hydrogens (tertiary/aromatic N) is 3. The highest BCUT2D eigenvalue weighted by molar-refractivity contribution is 5.94. The number of primary amides is 1. The maximum absolute atomic E-state index is 12.3. The number of aliphatic carboxylic acids is 1. The van der Waals surface area contributed by atoms with Crippen molar-refractivity contribution in [2.45, 2.75) is 44.8 Å². The number of carboxylic acids is 1. The molecule has 360 valence electrons. The normalized spacial score (nSPS) is 12.5. The van der Waals surface area contributed by atoms with Gasteiger partial charge in [0.1, 0.15) is 18.1 Å². The van der Waals surface area contributed by atoms with Crippen molar-refractivity contribution in [3.05, 3.63) is 10.4 Å². The fourth-order valence-corrected chi connectivity index (χ4v) is 4.32. The Hall–Kier alpha value is -3.82. The minimum atomic E-state index is -1.53. The molecule has 0 fully saturated rings. The molecular weight excluding hydrogens is 830 g/mol. The van der Waals surface area contributed by atoms with Crippen LogP contribution in [0.4, 0.5) is 0 Å². The molecule has 25 heteroatoms. The van der Waals surface area contributed by atoms with Crippen molar-refractivity contribution in [3.8, 4) is 0 Å². The number of azide groups is 1. The second-order valence-corrected chi connectivity index (χ2v) is 12.6. The highest BCUT2D eigenvalue weighted by Gasteiger charge is 2.26. The third-order valence-corrected chi connectivity index (χ3v) is 7.51. The number of nitrogens with one attached hydrogen (secondary N) is 3. The number of carboxylic acid groups (broad SMARTS) is 1. The van der Waals surface area contributed by atoms with E-state index in [1.165, 1.54) is 13.8 Å². The van der Waals surface area contributed by atoms with E-state index in [0.717, 1.165) is 0 Å². The summed E-state index contributed by atoms with van der Waals surface area (Å²) < 4.78 is 65.0. The molecule has 0 aromatic carbocycles. The number of rotatable bonds is 47. The van der Waals surface area contributed by atoms with Crippen molar-refractivity contribution in [1.29, 1.82) is 0 Å². The zero-order valence-electron chi connectivity index (χ0n) is 36.1. The Morgan fingerprint density at radius 3 is 1.10 bits per heavy atom. The number of hydrogen-bond donors (Lipinski definition) is 5. The molecule has 0 saturated carbocycles. The first-order valence-electron chi connectivity index (χ1n) is 20.4. The van der Waals surface area contributed by atoms with Crippen LogP contribution in [-0.2, 0) is 80.8 Å². The number of hydrogen-bond acceptors (Lipinski definition) is 18. The largest absolute Gasteiger partial charge is 0.480 e. The lowest BCUT2D eigenvalue weighted by Gasteiger charge is -2.20. The molecule has 6 N–H and O–H groups in total. The Balaban J connectivity index is 3.40. The molecule has 62 heavy (non-hydrogen) atoms. The summed E-state index contributed by atoms with van der Waals surface area (Å²) in [6.07, 6.45) is -0.626. The summed E-state index contributed by atoms with van der Waals surface area (Å²) in [5, 5.41) is 19.4. The van der Waals surface area contributed by atoms with Gasteiger partial charge in [-0.25, -0.2) is 4.79 Å². The van der Waals surface area contributed by atoms with Gasteiger partial charge < -0.3 is 83.6 Å². The highest BCUT2D eigenvalue weighted by atomic mass is 16.6. The van der Waals surface area contributed by atoms with Gasteiger partial charge in [-0.2, -0.15) is 0 Å². The molecule has 0 saturated heterocycles. The lowest BCUT2D eigenvalue weighted by atomic mass is 10.1. The standard InChI is InChI=1S/C37H69N7O18/c1-30(35(47)42-31(2)36(48)43-32(37(49)50)29-33(38)45)41-34(46)3-5-51-7-9-53-11-13-55-15-17-57-19-21-59-23-25-61-27-28-62-26-24-60-22-20-58-18-16-56-14-12-54-10-8-52-6-4-40-44-39/h30-32H,3-29H2,1-2H3,(H2,38,45)(H,41,46)(H,42,47)(H,43,48)(H,49,50)/t30-,31-,32-/m0/s1. The van der Waals surface area contributed by atoms with E-state index in [9.17, 15) is 24.0 Å². The van der Waals surface area contributed by atoms with E-state index in [0.29, 0.717) is 152 Å². The predicted molar refractivity (Wildman–Crippen MR) is 217 cm³/mol. The zero-order chi connectivity index (χ0) is 45.7. The average Bonchev–Trinajstić information content (AvgIpc) is 3.23. The van der Waals surface area contributed by atoms with E-state index in [-0.39, 0.29) is 19.6 Å². The smallest absolute Gasteiger partial charge is 0.326 e. The molecule has 0 spiro atoms. The Kier molecular flexibility index (Phi) is 41.1. The molecule has 0 aliphatic heterocycles. The van der Waals surface area contributed by atoms with Gasteiger partial charge in [-0.05, 0) is 19.4 Å². The second kappa shape index (κ2) is 43.8. The maximum Gasteiger partial charge on any atom is 0.326 e. The van der Waals surface area contributed by atoms with Gasteiger partial charge in [-0.1, -0.05) is 5.11 Å². The lowest BCUT2D eigenvalue weighted by molar-refractivity contribution is -0.143. The first kappa shape index (κ1) is 58.2. The minimum Gasteiger partial charge on any atom is -0.480 e. The molecule has 0 aliphatic carbocycles. The Morgan fingerprint density at radius 2 is 0.790 bits per heavy atom. The summed E-state index contributed by atoms with van der Waals surface area (Å²) in [5.41, 5.74) is 13.1. The molecule has 0 heterocycles. The first-order chi connectivity index (χ1) is 30.1. The average molecular weight is 900 g/mol. The maximum atomic E-state index is 12.3. The van der Waals surface area contributed by atoms with Crippen molar-refractivity contribution < 1.29 is 85.9 Å². The van der Waals surface area contributed by atoms with E-state index in [4.69, 9.17) is 73.2 Å². The van der Waals surface area contributed by atoms with E-state index in [1.54, 1.807) is 0 Å². The summed E-state index contributed by atoms with van der Waals surface area (Å²) >= 11 is 0. The zero-order valence-corrected chi connectivity index (χ0v) is 36.1. The number of carbonyl (C=O) groups excluding carboxylic acids is 4. The number of amides is 4. The van der Waals surface area contributed by atoms with Crippen LogP contribution in [0.15, 0.2) is 5.11 Å². The van der Waals surface area contributed by atoms with E-state index < -0.39 is 54.1 Å². The van der Waals surface area contributed by atoms with Crippen LogP contribution in [0.1, 0.15) is 26.7 Å². The van der Waals surface area contributed by atoms with Gasteiger partial charge in [0, 0.05) is 17.9 Å². The molecule has 0 aromatic rings. The van der Waals surface area contributed by atoms with Crippen molar-refractivity contribution in [3.63, 3.8) is 0 Å². The summed E-state index contributed by atoms with van der Waals surface area (Å²) in [6, 6.07) is -3.66. The van der Waals surface area contributed by atoms with Gasteiger partial charge in [0.15, 0.2) is 0 Å². The molecule has 0 radical (unpaired) electrons. The van der Waals surface area contributed by atoms with Crippen molar-refractivity contribution in [1.82, 2.24) is 16.0 Å². The van der Waals surface area contributed by atoms with Gasteiger partial charge in [0.25, 0.3) is 0 Å². The van der Waals surface area contributed by atoms with Crippen LogP contribution >= 0.6 is 0 Å². The van der Waals surface area contributed by atoms with Crippen LogP contribution < -0.4 is 21.7 Å². The quantitative estimate of drug-likeness (QED) is 0.0198. The predicted octanol–water partition coefficient (Wildman–Crippen LogP) is -1.66. The number of nitrogens with two attached hydrogens (primary N) is 1. The Labute approximate surface area is 362 Å². The van der Waals surface area contributed by atoms with Gasteiger partial charge in [0.2, 0.25) is 23.6 Å². The molecule has 0 bridgehead atoms. The SMILES string of the molecule is C[C@H](NC(=O)CCOCCOCCOCCOCCOCCOCCOCCOCCOCCOCCOCCOCCN=[N+]=[N-])C(=O)N[C@@H](C)C(=O)N[C@@H](CC(N)=O)C(=O)O. The molecule has 25 nitrogen and oxygen atoms in total. The Morgan fingerprint density at radius 1 is 0.500 bits per heavy atom. The monoisotopic (exact) mass is 899 g/mol. The summed E-state index contributed by atoms with van der Waals surface area (Å²) in [5.74, 6) is -4.33. The molecule has 0 unspecified atom stereocenters. The summed E-state index contributed by atoms with van der Waals surface area (Å²) in [7, 11) is 0. The van der Waals surface area contributed by atoms with Crippen LogP contribution in [0.25, 0.3) is 10.4 Å². The van der Waals surface area contributed by atoms with Crippen LogP contribution in [0.5, 0.6) is 0 Å². The second-order valence-electron chi connectivity index (χ2n) is 12.6. The van der Waals surface area contributed by atoms with Gasteiger partial charge in [0.05, 0.1) is 165 Å². The third-order valence-electron chi connectivity index (χ3n) is 7.51. The van der Waals surface area contributed by atoms with E-state index >= 15 is 0 Å². The first-order valence-corrected chi connectivity index (χ1v) is 20.4. The van der Waals surface area contributed by atoms with Crippen LogP contribution in [-0.4, -0.2) is 218 Å². The van der Waals surface area contributed by atoms with Crippen LogP contribution in [0.2, 0.25) is 0 Å². The lowest BCUT2D eigenvalue weighted by Crippen LogP contribution is -2.54. The summed E-state index contributed by atoms with van der Waals surface area (Å²) in [4.78, 5) is 61.5. The van der Waals surface area contributed by atoms with Crippen LogP contribution in [0.3, 0.4) is 0 Å². The minimum absolute atomic E-state index is 0.0180. The van der Waals surface area contributed by atoms with Gasteiger partial charge >= 0.3 is 5.97 Å². The highest BCUT2D eigenvalue weighted by Crippen LogP contribution is 1.96. The molecule has 0 aromatic heterocycles. The van der Waals surface area contributed by atoms with E-state index in [1.807, 2.05) is 0 Å².